The van der Waals surface area contributed by atoms with E-state index >= 15 is 0 Å². The van der Waals surface area contributed by atoms with E-state index in [1.165, 1.54) is 307 Å². The summed E-state index contributed by atoms with van der Waals surface area (Å²) < 4.78 is 0. The largest absolute Gasteiger partial charge is 1.00 e. The fourth-order valence-corrected chi connectivity index (χ4v) is 22.7. The molecule has 529 valence electrons. The van der Waals surface area contributed by atoms with E-state index in [1.54, 1.807) is 5.57 Å². The third kappa shape index (κ3) is 26.9. The molecule has 92 heavy (non-hydrogen) atoms. The first-order valence-corrected chi connectivity index (χ1v) is 41.0. The fourth-order valence-electron chi connectivity index (χ4n) is 22.7. The van der Waals surface area contributed by atoms with Crippen molar-refractivity contribution in [3.05, 3.63) is 30.7 Å². The Balaban J connectivity index is 0.000000260. The number of rotatable bonds is 20. The predicted molar refractivity (Wildman–Crippen MR) is 387 cm³/mol. The number of ketones is 1. The van der Waals surface area contributed by atoms with Gasteiger partial charge >= 0.3 is 29.6 Å². The summed E-state index contributed by atoms with van der Waals surface area (Å²) in [7, 11) is 0. The van der Waals surface area contributed by atoms with E-state index in [1.807, 2.05) is 6.08 Å². The van der Waals surface area contributed by atoms with Crippen LogP contribution < -0.4 is 29.6 Å². The normalized spacial score (nSPS) is 38.4. The molecule has 12 rings (SSSR count). The molecule has 7 heteroatoms. The molecule has 13 unspecified atom stereocenters. The number of hydrogen-bond donors (Lipinski definition) is 3. The van der Waals surface area contributed by atoms with Gasteiger partial charge in [0.2, 0.25) is 0 Å². The molecule has 3 N–H and O–H groups in total. The minimum absolute atomic E-state index is 0. The number of carbonyl (C=O) groups is 1. The first-order chi connectivity index (χ1) is 43.0. The number of hydrogen-bond acceptors (Lipinski definition) is 4. The monoisotopic (exact) mass is 1380 g/mol. The molecule has 0 bridgehead atoms. The molecule has 12 aliphatic rings. The van der Waals surface area contributed by atoms with Crippen molar-refractivity contribution in [2.75, 3.05) is 0 Å². The molecule has 10 fully saturated rings. The van der Waals surface area contributed by atoms with Crippen LogP contribution in [0.5, 0.6) is 0 Å². The van der Waals surface area contributed by atoms with E-state index in [9.17, 15) is 20.1 Å². The maximum atomic E-state index is 11.6. The summed E-state index contributed by atoms with van der Waals surface area (Å²) in [5.41, 5.74) is 3.10. The average molecular weight is 1380 g/mol. The Morgan fingerprint density at radius 2 is 0.630 bits per heavy atom. The zero-order valence-corrected chi connectivity index (χ0v) is 65.2. The Labute approximate surface area is 611 Å². The topological polar surface area (TPSA) is 77.8 Å². The van der Waals surface area contributed by atoms with E-state index in [2.05, 4.69) is 33.8 Å². The second-order valence-electron chi connectivity index (χ2n) is 34.3. The molecule has 0 saturated heterocycles. The Bertz CT molecular complexity index is 1920. The van der Waals surface area contributed by atoms with Crippen LogP contribution in [0.15, 0.2) is 23.3 Å². The summed E-state index contributed by atoms with van der Waals surface area (Å²) in [5.74, 6) is 18.0. The molecule has 13 atom stereocenters. The smallest absolute Gasteiger partial charge is 1.00 e. The molecule has 0 aromatic carbocycles. The van der Waals surface area contributed by atoms with Crippen LogP contribution in [0.3, 0.4) is 0 Å². The third-order valence-corrected chi connectivity index (χ3v) is 28.5. The molecule has 0 spiro atoms. The van der Waals surface area contributed by atoms with Crippen molar-refractivity contribution in [2.24, 2.45) is 107 Å². The van der Waals surface area contributed by atoms with Gasteiger partial charge in [-0.15, -0.1) is 0 Å². The van der Waals surface area contributed by atoms with Crippen molar-refractivity contribution in [3.8, 4) is 0 Å². The van der Waals surface area contributed by atoms with Crippen molar-refractivity contribution >= 4 is 14.2 Å². The number of aliphatic hydroxyl groups excluding tert-OH is 3. The van der Waals surface area contributed by atoms with Gasteiger partial charge in [-0.25, -0.2) is 0 Å². The number of unbranched alkanes of at least 4 members (excludes halogenated alkanes) is 8. The number of allylic oxidation sites excluding steroid dienone is 3. The maximum absolute atomic E-state index is 11.6. The van der Waals surface area contributed by atoms with Crippen LogP contribution in [0.4, 0.5) is 0 Å². The Morgan fingerprint density at radius 3 is 0.989 bits per heavy atom. The molecule has 12 aliphatic carbocycles. The molecular formula is C85H150BNaO4Pd-. The molecule has 0 heterocycles. The second kappa shape index (κ2) is 45.6. The number of carbonyl (C=O) groups excluding carboxylic acids is 1. The molecule has 0 aliphatic heterocycles. The summed E-state index contributed by atoms with van der Waals surface area (Å²) in [6.45, 7) is 9.25. The average Bonchev–Trinajstić information content (AvgIpc) is 1.57. The standard InChI is InChI=1S/2C21H38O.C21H36O.C21H34O.CH3.B.Na.Pd.H/c4*1-2-3-4-5-16-6-8-17(9-7-16)18-10-11-20-15-21(22)13-12-19(20)14-18;;;;;/h2*16-22H,2-15H2,1H3;15-19,21-22H,2-14H2,1H3;15-19H,2-14H2,1H3;1H3;;;;/q;;;;-1;;+1;;-1. The van der Waals surface area contributed by atoms with Crippen molar-refractivity contribution in [1.82, 2.24) is 0 Å². The van der Waals surface area contributed by atoms with Crippen LogP contribution in [-0.2, 0) is 25.2 Å². The van der Waals surface area contributed by atoms with Gasteiger partial charge in [-0.2, -0.15) is 0 Å². The van der Waals surface area contributed by atoms with Crippen LogP contribution in [0.1, 0.15) is 376 Å². The van der Waals surface area contributed by atoms with Gasteiger partial charge in [0.25, 0.3) is 0 Å². The fraction of sp³-hybridized carbons (Fsp3) is 0.929. The third-order valence-electron chi connectivity index (χ3n) is 28.5. The molecular weight excluding hydrogens is 1230 g/mol. The minimum Gasteiger partial charge on any atom is -1.00 e. The van der Waals surface area contributed by atoms with Gasteiger partial charge in [0.05, 0.1) is 18.3 Å². The summed E-state index contributed by atoms with van der Waals surface area (Å²) in [4.78, 5) is 11.6. The van der Waals surface area contributed by atoms with Crippen molar-refractivity contribution < 1.29 is 71.5 Å². The molecule has 3 radical (unpaired) electrons. The first kappa shape index (κ1) is 83.4. The van der Waals surface area contributed by atoms with Gasteiger partial charge in [0, 0.05) is 35.3 Å². The van der Waals surface area contributed by atoms with E-state index in [4.69, 9.17) is 0 Å². The second-order valence-corrected chi connectivity index (χ2v) is 34.3. The molecule has 0 amide bonds. The SMILES string of the molecule is CCCCCC1CCC(C2CCC3=CC(=O)CCC3C2)CC1.CCCCCC1CCC(C2CCC3=CC(O)CCC3C2)CC1.CCCCCC1CCC(C2CCC3CC(O)CCC3C2)CC1.CCCCCC1CCC(C2CCC3CC(O)CCC3C2)CC1.[B].[CH3-].[H-].[Na+].[Pd]. The summed E-state index contributed by atoms with van der Waals surface area (Å²) in [6.07, 6.45) is 79.5. The van der Waals surface area contributed by atoms with Gasteiger partial charge in [0.15, 0.2) is 5.78 Å². The molecule has 10 saturated carbocycles. The van der Waals surface area contributed by atoms with E-state index < -0.39 is 0 Å². The molecule has 0 aromatic heterocycles. The number of fused-ring (bicyclic) bond motifs is 4. The predicted octanol–water partition coefficient (Wildman–Crippen LogP) is 21.0. The Hall–Kier alpha value is 0.757. The first-order valence-electron chi connectivity index (χ1n) is 41.0. The molecule has 4 nitrogen and oxygen atoms in total. The van der Waals surface area contributed by atoms with Crippen LogP contribution in [0.2, 0.25) is 0 Å². The van der Waals surface area contributed by atoms with E-state index in [-0.39, 0.29) is 85.6 Å². The van der Waals surface area contributed by atoms with Gasteiger partial charge in [-0.05, 0) is 299 Å². The Kier molecular flexibility index (Phi) is 41.3. The summed E-state index contributed by atoms with van der Waals surface area (Å²) >= 11 is 0. The van der Waals surface area contributed by atoms with Gasteiger partial charge in [-0.1, -0.05) is 199 Å². The molecule has 0 aromatic rings. The summed E-state index contributed by atoms with van der Waals surface area (Å²) in [6, 6.07) is 0. The summed E-state index contributed by atoms with van der Waals surface area (Å²) in [5, 5.41) is 29.6. The maximum Gasteiger partial charge on any atom is 1.00 e. The van der Waals surface area contributed by atoms with Gasteiger partial charge in [-0.3, -0.25) is 4.79 Å². The van der Waals surface area contributed by atoms with E-state index in [0.29, 0.717) is 5.78 Å². The van der Waals surface area contributed by atoms with Crippen molar-refractivity contribution in [3.63, 3.8) is 0 Å². The minimum atomic E-state index is -0.138. The number of aliphatic hydroxyl groups is 3. The quantitative estimate of drug-likeness (QED) is 0.0491. The van der Waals surface area contributed by atoms with Crippen LogP contribution >= 0.6 is 0 Å². The van der Waals surface area contributed by atoms with Crippen molar-refractivity contribution in [1.29, 1.82) is 0 Å². The van der Waals surface area contributed by atoms with Crippen LogP contribution in [0.25, 0.3) is 0 Å². The zero-order valence-electron chi connectivity index (χ0n) is 62.6. The van der Waals surface area contributed by atoms with Gasteiger partial charge in [0.1, 0.15) is 0 Å². The van der Waals surface area contributed by atoms with Crippen LogP contribution in [0, 0.1) is 114 Å². The van der Waals surface area contributed by atoms with Gasteiger partial charge < -0.3 is 24.2 Å². The van der Waals surface area contributed by atoms with Crippen molar-refractivity contribution in [2.45, 2.75) is 393 Å². The zero-order chi connectivity index (χ0) is 61.5. The van der Waals surface area contributed by atoms with E-state index in [0.717, 1.165) is 151 Å². The Morgan fingerprint density at radius 1 is 0.337 bits per heavy atom. The van der Waals surface area contributed by atoms with Crippen LogP contribution in [-0.4, -0.2) is 47.8 Å².